The van der Waals surface area contributed by atoms with Crippen molar-refractivity contribution in [3.8, 4) is 5.88 Å². The largest absolute Gasteiger partial charge is 0.478 e. The van der Waals surface area contributed by atoms with Gasteiger partial charge in [0.25, 0.3) is 0 Å². The van der Waals surface area contributed by atoms with Gasteiger partial charge < -0.3 is 15.0 Å². The lowest BCUT2D eigenvalue weighted by Gasteiger charge is -2.30. The highest BCUT2D eigenvalue weighted by Gasteiger charge is 2.20. The van der Waals surface area contributed by atoms with E-state index in [-0.39, 0.29) is 6.03 Å². The summed E-state index contributed by atoms with van der Waals surface area (Å²) in [6.45, 7) is 6.34. The average molecular weight is 263 g/mol. The number of piperidine rings is 1. The maximum Gasteiger partial charge on any atom is 0.321 e. The monoisotopic (exact) mass is 263 g/mol. The van der Waals surface area contributed by atoms with E-state index in [0.29, 0.717) is 24.1 Å². The first-order chi connectivity index (χ1) is 9.19. The van der Waals surface area contributed by atoms with Crippen molar-refractivity contribution in [2.75, 3.05) is 25.0 Å². The number of rotatable bonds is 3. The lowest BCUT2D eigenvalue weighted by atomic mass is 10.0. The SMILES string of the molecule is CCOc1ccc(NC(=O)N2CCCC(C)C2)cn1. The maximum absolute atomic E-state index is 12.1. The third-order valence-corrected chi connectivity index (χ3v) is 3.22. The van der Waals surface area contributed by atoms with Gasteiger partial charge in [-0.1, -0.05) is 6.92 Å². The fraction of sp³-hybridized carbons (Fsp3) is 0.571. The quantitative estimate of drug-likeness (QED) is 0.912. The van der Waals surface area contributed by atoms with E-state index in [2.05, 4.69) is 17.2 Å². The number of hydrogen-bond donors (Lipinski definition) is 1. The van der Waals surface area contributed by atoms with E-state index in [0.717, 1.165) is 19.5 Å². The van der Waals surface area contributed by atoms with Gasteiger partial charge in [-0.15, -0.1) is 0 Å². The summed E-state index contributed by atoms with van der Waals surface area (Å²) >= 11 is 0. The molecular formula is C14H21N3O2. The van der Waals surface area contributed by atoms with Crippen LogP contribution >= 0.6 is 0 Å². The normalized spacial score (nSPS) is 19.1. The number of aromatic nitrogens is 1. The van der Waals surface area contributed by atoms with Crippen molar-refractivity contribution in [2.24, 2.45) is 5.92 Å². The van der Waals surface area contributed by atoms with Crippen LogP contribution in [0.15, 0.2) is 18.3 Å². The van der Waals surface area contributed by atoms with E-state index in [4.69, 9.17) is 4.74 Å². The molecule has 1 aromatic heterocycles. The van der Waals surface area contributed by atoms with Crippen LogP contribution in [-0.2, 0) is 0 Å². The highest BCUT2D eigenvalue weighted by molar-refractivity contribution is 5.89. The molecule has 1 aliphatic rings. The molecule has 104 valence electrons. The molecule has 1 unspecified atom stereocenters. The lowest BCUT2D eigenvalue weighted by Crippen LogP contribution is -2.41. The van der Waals surface area contributed by atoms with Crippen molar-refractivity contribution >= 4 is 11.7 Å². The number of nitrogens with zero attached hydrogens (tertiary/aromatic N) is 2. The molecule has 1 aromatic rings. The van der Waals surface area contributed by atoms with Gasteiger partial charge in [0.05, 0.1) is 18.5 Å². The fourth-order valence-electron chi connectivity index (χ4n) is 2.26. The second-order valence-electron chi connectivity index (χ2n) is 4.94. The number of ether oxygens (including phenoxy) is 1. The molecule has 5 nitrogen and oxygen atoms in total. The predicted molar refractivity (Wildman–Crippen MR) is 74.4 cm³/mol. The summed E-state index contributed by atoms with van der Waals surface area (Å²) in [5.74, 6) is 1.16. The molecule has 1 fully saturated rings. The molecule has 0 spiro atoms. The van der Waals surface area contributed by atoms with Crippen molar-refractivity contribution in [1.29, 1.82) is 0 Å². The number of amides is 2. The van der Waals surface area contributed by atoms with Gasteiger partial charge in [0.15, 0.2) is 0 Å². The number of carbonyl (C=O) groups is 1. The summed E-state index contributed by atoms with van der Waals surface area (Å²) in [6.07, 6.45) is 3.90. The molecule has 0 radical (unpaired) electrons. The number of pyridine rings is 1. The first-order valence-corrected chi connectivity index (χ1v) is 6.84. The molecule has 0 bridgehead atoms. The Labute approximate surface area is 114 Å². The van der Waals surface area contributed by atoms with Gasteiger partial charge in [-0.25, -0.2) is 9.78 Å². The van der Waals surface area contributed by atoms with E-state index in [1.807, 2.05) is 17.9 Å². The molecule has 1 atom stereocenters. The molecular weight excluding hydrogens is 242 g/mol. The Morgan fingerprint density at radius 1 is 1.58 bits per heavy atom. The molecule has 0 aromatic carbocycles. The second kappa shape index (κ2) is 6.41. The molecule has 1 N–H and O–H groups in total. The second-order valence-corrected chi connectivity index (χ2v) is 4.94. The summed E-state index contributed by atoms with van der Waals surface area (Å²) in [6, 6.07) is 3.53. The minimum absolute atomic E-state index is 0.0440. The number of likely N-dealkylation sites (tertiary alicyclic amines) is 1. The minimum Gasteiger partial charge on any atom is -0.478 e. The standard InChI is InChI=1S/C14H21N3O2/c1-3-19-13-7-6-12(9-15-13)16-14(18)17-8-4-5-11(2)10-17/h6-7,9,11H,3-5,8,10H2,1-2H3,(H,16,18). The van der Waals surface area contributed by atoms with Crippen LogP contribution < -0.4 is 10.1 Å². The highest BCUT2D eigenvalue weighted by atomic mass is 16.5. The zero-order chi connectivity index (χ0) is 13.7. The molecule has 2 rings (SSSR count). The Balaban J connectivity index is 1.90. The first kappa shape index (κ1) is 13.6. The fourth-order valence-corrected chi connectivity index (χ4v) is 2.26. The Morgan fingerprint density at radius 3 is 3.05 bits per heavy atom. The van der Waals surface area contributed by atoms with Gasteiger partial charge in [0.1, 0.15) is 0 Å². The van der Waals surface area contributed by atoms with Gasteiger partial charge in [-0.05, 0) is 31.7 Å². The van der Waals surface area contributed by atoms with Crippen LogP contribution in [0.2, 0.25) is 0 Å². The number of anilines is 1. The Kier molecular flexibility index (Phi) is 4.60. The van der Waals surface area contributed by atoms with Crippen LogP contribution in [-0.4, -0.2) is 35.6 Å². The van der Waals surface area contributed by atoms with Crippen LogP contribution in [0.25, 0.3) is 0 Å². The van der Waals surface area contributed by atoms with Crippen LogP contribution in [0.4, 0.5) is 10.5 Å². The zero-order valence-electron chi connectivity index (χ0n) is 11.6. The maximum atomic E-state index is 12.1. The topological polar surface area (TPSA) is 54.5 Å². The smallest absolute Gasteiger partial charge is 0.321 e. The Morgan fingerprint density at radius 2 is 2.42 bits per heavy atom. The van der Waals surface area contributed by atoms with E-state index in [1.165, 1.54) is 6.42 Å². The number of nitrogens with one attached hydrogen (secondary N) is 1. The molecule has 0 saturated carbocycles. The molecule has 1 aliphatic heterocycles. The zero-order valence-corrected chi connectivity index (χ0v) is 11.6. The third-order valence-electron chi connectivity index (χ3n) is 3.22. The summed E-state index contributed by atoms with van der Waals surface area (Å²) in [5.41, 5.74) is 0.701. The van der Waals surface area contributed by atoms with Gasteiger partial charge >= 0.3 is 6.03 Å². The Hall–Kier alpha value is -1.78. The summed E-state index contributed by atoms with van der Waals surface area (Å²) in [4.78, 5) is 18.1. The van der Waals surface area contributed by atoms with Crippen LogP contribution in [0.3, 0.4) is 0 Å². The third kappa shape index (κ3) is 3.84. The Bertz CT molecular complexity index is 419. The van der Waals surface area contributed by atoms with Crippen LogP contribution in [0.5, 0.6) is 5.88 Å². The van der Waals surface area contributed by atoms with Crippen LogP contribution in [0, 0.1) is 5.92 Å². The molecule has 0 aliphatic carbocycles. The van der Waals surface area contributed by atoms with Crippen molar-refractivity contribution in [3.05, 3.63) is 18.3 Å². The van der Waals surface area contributed by atoms with Crippen molar-refractivity contribution in [3.63, 3.8) is 0 Å². The van der Waals surface area contributed by atoms with E-state index < -0.39 is 0 Å². The van der Waals surface area contributed by atoms with E-state index in [1.54, 1.807) is 12.3 Å². The predicted octanol–water partition coefficient (Wildman–Crippen LogP) is 2.74. The van der Waals surface area contributed by atoms with Crippen LogP contribution in [0.1, 0.15) is 26.7 Å². The first-order valence-electron chi connectivity index (χ1n) is 6.84. The molecule has 1 saturated heterocycles. The van der Waals surface area contributed by atoms with Gasteiger partial charge in [0, 0.05) is 19.2 Å². The molecule has 5 heteroatoms. The van der Waals surface area contributed by atoms with Crippen molar-refractivity contribution < 1.29 is 9.53 Å². The van der Waals surface area contributed by atoms with Gasteiger partial charge in [-0.3, -0.25) is 0 Å². The minimum atomic E-state index is -0.0440. The van der Waals surface area contributed by atoms with Crippen molar-refractivity contribution in [2.45, 2.75) is 26.7 Å². The van der Waals surface area contributed by atoms with E-state index >= 15 is 0 Å². The number of urea groups is 1. The molecule has 19 heavy (non-hydrogen) atoms. The molecule has 2 heterocycles. The van der Waals surface area contributed by atoms with E-state index in [9.17, 15) is 4.79 Å². The average Bonchev–Trinajstić information content (AvgIpc) is 2.41. The molecule has 2 amide bonds. The van der Waals surface area contributed by atoms with Crippen molar-refractivity contribution in [1.82, 2.24) is 9.88 Å². The summed E-state index contributed by atoms with van der Waals surface area (Å²) < 4.78 is 5.26. The summed E-state index contributed by atoms with van der Waals surface area (Å²) in [7, 11) is 0. The number of carbonyl (C=O) groups excluding carboxylic acids is 1. The lowest BCUT2D eigenvalue weighted by molar-refractivity contribution is 0.182. The highest BCUT2D eigenvalue weighted by Crippen LogP contribution is 2.17. The van der Waals surface area contributed by atoms with Gasteiger partial charge in [0.2, 0.25) is 5.88 Å². The number of hydrogen-bond acceptors (Lipinski definition) is 3. The van der Waals surface area contributed by atoms with Gasteiger partial charge in [-0.2, -0.15) is 0 Å². The summed E-state index contributed by atoms with van der Waals surface area (Å²) in [5, 5.41) is 2.87.